The molecule has 0 bridgehead atoms. The summed E-state index contributed by atoms with van der Waals surface area (Å²) < 4.78 is 0. The van der Waals surface area contributed by atoms with Crippen LogP contribution < -0.4 is 5.73 Å². The highest BCUT2D eigenvalue weighted by atomic mass is 32.1. The molecule has 2 N–H and O–H groups in total. The molecule has 1 aliphatic rings. The van der Waals surface area contributed by atoms with E-state index in [1.165, 1.54) is 11.3 Å². The summed E-state index contributed by atoms with van der Waals surface area (Å²) in [5.41, 5.74) is 9.28. The van der Waals surface area contributed by atoms with Crippen LogP contribution in [0.1, 0.15) is 16.1 Å². The Morgan fingerprint density at radius 1 is 1.12 bits per heavy atom. The van der Waals surface area contributed by atoms with Gasteiger partial charge in [0, 0.05) is 43.5 Å². The highest BCUT2D eigenvalue weighted by Crippen LogP contribution is 2.11. The van der Waals surface area contributed by atoms with Gasteiger partial charge in [0.15, 0.2) is 0 Å². The van der Waals surface area contributed by atoms with Gasteiger partial charge in [-0.25, -0.2) is 4.98 Å². The van der Waals surface area contributed by atoms with Crippen LogP contribution in [0.5, 0.6) is 0 Å². The fourth-order valence-corrected chi connectivity index (χ4v) is 3.35. The highest BCUT2D eigenvalue weighted by Gasteiger charge is 2.27. The quantitative estimate of drug-likeness (QED) is 0.897. The van der Waals surface area contributed by atoms with Crippen molar-refractivity contribution >= 4 is 23.2 Å². The third-order valence-electron chi connectivity index (χ3n) is 4.13. The first-order chi connectivity index (χ1) is 11.6. The molecule has 0 aliphatic carbocycles. The Labute approximate surface area is 144 Å². The Morgan fingerprint density at radius 2 is 1.79 bits per heavy atom. The van der Waals surface area contributed by atoms with Crippen LogP contribution in [0.4, 0.5) is 0 Å². The molecule has 3 rings (SSSR count). The number of nitrogens with zero attached hydrogens (tertiary/aromatic N) is 3. The zero-order valence-electron chi connectivity index (χ0n) is 13.3. The predicted octanol–water partition coefficient (Wildman–Crippen LogP) is 0.997. The average molecular weight is 344 g/mol. The first kappa shape index (κ1) is 16.6. The number of hydrogen-bond acceptors (Lipinski definition) is 5. The summed E-state index contributed by atoms with van der Waals surface area (Å²) >= 11 is 1.49. The zero-order valence-corrected chi connectivity index (χ0v) is 14.1. The van der Waals surface area contributed by atoms with Crippen LogP contribution in [-0.4, -0.2) is 58.8 Å². The molecule has 0 radical (unpaired) electrons. The molecular formula is C17H20N4O2S. The second-order valence-electron chi connectivity index (χ2n) is 5.77. The van der Waals surface area contributed by atoms with E-state index in [-0.39, 0.29) is 11.8 Å². The lowest BCUT2D eigenvalue weighted by atomic mass is 10.1. The molecule has 126 valence electrons. The lowest BCUT2D eigenvalue weighted by Gasteiger charge is -2.36. The number of hydrogen-bond donors (Lipinski definition) is 1. The van der Waals surface area contributed by atoms with E-state index in [4.69, 9.17) is 5.73 Å². The summed E-state index contributed by atoms with van der Waals surface area (Å²) in [7, 11) is 0. The van der Waals surface area contributed by atoms with Crippen molar-refractivity contribution in [3.63, 3.8) is 0 Å². The number of benzene rings is 1. The predicted molar refractivity (Wildman–Crippen MR) is 92.7 cm³/mol. The molecule has 0 saturated carbocycles. The lowest BCUT2D eigenvalue weighted by molar-refractivity contribution is -0.134. The average Bonchev–Trinajstić information content (AvgIpc) is 3.14. The first-order valence-electron chi connectivity index (χ1n) is 7.91. The van der Waals surface area contributed by atoms with E-state index in [9.17, 15) is 9.59 Å². The summed E-state index contributed by atoms with van der Waals surface area (Å²) in [6.07, 6.45) is 0.450. The van der Waals surface area contributed by atoms with Gasteiger partial charge in [0.05, 0.1) is 17.2 Å². The number of carbonyl (C=O) groups is 2. The Morgan fingerprint density at radius 3 is 2.42 bits per heavy atom. The third-order valence-corrected chi connectivity index (χ3v) is 4.76. The normalized spacial score (nSPS) is 16.0. The SMILES string of the molecule is NC(Cc1cscn1)C(=O)N1CCN(C(=O)c2ccccc2)CC1. The lowest BCUT2D eigenvalue weighted by Crippen LogP contribution is -2.54. The largest absolute Gasteiger partial charge is 0.338 e. The van der Waals surface area contributed by atoms with Gasteiger partial charge in [0.1, 0.15) is 0 Å². The van der Waals surface area contributed by atoms with E-state index in [2.05, 4.69) is 4.98 Å². The van der Waals surface area contributed by atoms with Crippen molar-refractivity contribution in [3.8, 4) is 0 Å². The minimum atomic E-state index is -0.580. The second kappa shape index (κ2) is 7.55. The van der Waals surface area contributed by atoms with E-state index in [1.54, 1.807) is 15.3 Å². The van der Waals surface area contributed by atoms with Crippen molar-refractivity contribution in [2.24, 2.45) is 5.73 Å². The molecule has 1 fully saturated rings. The molecule has 2 amide bonds. The van der Waals surface area contributed by atoms with Crippen molar-refractivity contribution in [2.45, 2.75) is 12.5 Å². The van der Waals surface area contributed by atoms with Gasteiger partial charge in [-0.05, 0) is 12.1 Å². The van der Waals surface area contributed by atoms with Gasteiger partial charge in [-0.1, -0.05) is 18.2 Å². The Hall–Kier alpha value is -2.25. The Kier molecular flexibility index (Phi) is 5.22. The number of nitrogens with two attached hydrogens (primary N) is 1. The van der Waals surface area contributed by atoms with Gasteiger partial charge in [0.25, 0.3) is 5.91 Å². The van der Waals surface area contributed by atoms with Gasteiger partial charge in [-0.2, -0.15) is 0 Å². The van der Waals surface area contributed by atoms with Gasteiger partial charge in [0.2, 0.25) is 5.91 Å². The minimum absolute atomic E-state index is 0.00877. The first-order valence-corrected chi connectivity index (χ1v) is 8.85. The number of amides is 2. The molecule has 7 heteroatoms. The van der Waals surface area contributed by atoms with Crippen LogP contribution in [0.25, 0.3) is 0 Å². The smallest absolute Gasteiger partial charge is 0.253 e. The number of rotatable bonds is 4. The van der Waals surface area contributed by atoms with Crippen molar-refractivity contribution < 1.29 is 9.59 Å². The highest BCUT2D eigenvalue weighted by molar-refractivity contribution is 7.07. The van der Waals surface area contributed by atoms with Crippen LogP contribution in [0.2, 0.25) is 0 Å². The van der Waals surface area contributed by atoms with Gasteiger partial charge in [-0.15, -0.1) is 11.3 Å². The number of carbonyl (C=O) groups excluding carboxylic acids is 2. The molecule has 0 spiro atoms. The van der Waals surface area contributed by atoms with E-state index >= 15 is 0 Å². The summed E-state index contributed by atoms with van der Waals surface area (Å²) in [4.78, 5) is 32.5. The zero-order chi connectivity index (χ0) is 16.9. The van der Waals surface area contributed by atoms with E-state index in [0.29, 0.717) is 38.2 Å². The van der Waals surface area contributed by atoms with Crippen LogP contribution in [0.15, 0.2) is 41.2 Å². The molecule has 1 unspecified atom stereocenters. The molecule has 6 nitrogen and oxygen atoms in total. The molecule has 2 heterocycles. The van der Waals surface area contributed by atoms with Crippen molar-refractivity contribution in [1.29, 1.82) is 0 Å². The van der Waals surface area contributed by atoms with E-state index in [1.807, 2.05) is 35.7 Å². The summed E-state index contributed by atoms with van der Waals surface area (Å²) in [5.74, 6) is -0.0655. The van der Waals surface area contributed by atoms with Crippen molar-refractivity contribution in [2.75, 3.05) is 26.2 Å². The van der Waals surface area contributed by atoms with Gasteiger partial charge >= 0.3 is 0 Å². The standard InChI is InChI=1S/C17H20N4O2S/c18-15(10-14-11-24-12-19-14)17(23)21-8-6-20(7-9-21)16(22)13-4-2-1-3-5-13/h1-5,11-12,15H,6-10,18H2. The molecular weight excluding hydrogens is 324 g/mol. The summed E-state index contributed by atoms with van der Waals surface area (Å²) in [6.45, 7) is 2.09. The maximum atomic E-state index is 12.4. The monoisotopic (exact) mass is 344 g/mol. The molecule has 1 aromatic carbocycles. The molecule has 24 heavy (non-hydrogen) atoms. The number of thiazole rings is 1. The molecule has 1 aromatic heterocycles. The Balaban J connectivity index is 1.53. The molecule has 1 aliphatic heterocycles. The van der Waals surface area contributed by atoms with Crippen molar-refractivity contribution in [1.82, 2.24) is 14.8 Å². The third kappa shape index (κ3) is 3.80. The minimum Gasteiger partial charge on any atom is -0.338 e. The van der Waals surface area contributed by atoms with Crippen LogP contribution in [0.3, 0.4) is 0 Å². The maximum absolute atomic E-state index is 12.4. The molecule has 1 saturated heterocycles. The van der Waals surface area contributed by atoms with Gasteiger partial charge < -0.3 is 15.5 Å². The summed E-state index contributed by atoms with van der Waals surface area (Å²) in [6, 6.07) is 8.63. The number of aromatic nitrogens is 1. The Bertz CT molecular complexity index is 682. The summed E-state index contributed by atoms with van der Waals surface area (Å²) in [5, 5.41) is 1.91. The fraction of sp³-hybridized carbons (Fsp3) is 0.353. The van der Waals surface area contributed by atoms with Crippen molar-refractivity contribution in [3.05, 3.63) is 52.5 Å². The molecule has 2 aromatic rings. The van der Waals surface area contributed by atoms with Crippen LogP contribution in [-0.2, 0) is 11.2 Å². The molecule has 1 atom stereocenters. The van der Waals surface area contributed by atoms with Crippen LogP contribution in [0, 0.1) is 0 Å². The fourth-order valence-electron chi connectivity index (χ4n) is 2.78. The number of piperazine rings is 1. The van der Waals surface area contributed by atoms with E-state index in [0.717, 1.165) is 5.69 Å². The van der Waals surface area contributed by atoms with E-state index < -0.39 is 6.04 Å². The maximum Gasteiger partial charge on any atom is 0.253 e. The topological polar surface area (TPSA) is 79.5 Å². The van der Waals surface area contributed by atoms with Gasteiger partial charge in [-0.3, -0.25) is 9.59 Å². The van der Waals surface area contributed by atoms with Crippen LogP contribution >= 0.6 is 11.3 Å². The second-order valence-corrected chi connectivity index (χ2v) is 6.49.